The molecular weight excluding hydrogens is 264 g/mol. The van der Waals surface area contributed by atoms with E-state index in [4.69, 9.17) is 4.74 Å². The topological polar surface area (TPSA) is 52.0 Å². The summed E-state index contributed by atoms with van der Waals surface area (Å²) in [7, 11) is 1.70. The van der Waals surface area contributed by atoms with E-state index in [1.165, 1.54) is 0 Å². The van der Waals surface area contributed by atoms with E-state index in [9.17, 15) is 0 Å². The van der Waals surface area contributed by atoms with Crippen LogP contribution < -0.4 is 10.1 Å². The number of nitrogens with zero attached hydrogens (tertiary/aromatic N) is 3. The molecule has 0 aliphatic carbocycles. The zero-order valence-electron chi connectivity index (χ0n) is 12.9. The summed E-state index contributed by atoms with van der Waals surface area (Å²) in [5.74, 6) is 2.88. The summed E-state index contributed by atoms with van der Waals surface area (Å²) in [6.07, 6.45) is 2.23. The van der Waals surface area contributed by atoms with E-state index < -0.39 is 0 Å². The largest absolute Gasteiger partial charge is 0.496 e. The van der Waals surface area contributed by atoms with E-state index >= 15 is 0 Å². The average Bonchev–Trinajstić information content (AvgIpc) is 2.93. The van der Waals surface area contributed by atoms with Crippen molar-refractivity contribution in [3.8, 4) is 17.1 Å². The Kier molecular flexibility index (Phi) is 3.92. The van der Waals surface area contributed by atoms with Gasteiger partial charge in [0.05, 0.1) is 13.2 Å². The van der Waals surface area contributed by atoms with Crippen molar-refractivity contribution in [3.63, 3.8) is 0 Å². The van der Waals surface area contributed by atoms with Crippen molar-refractivity contribution in [2.75, 3.05) is 13.7 Å². The van der Waals surface area contributed by atoms with Crippen molar-refractivity contribution in [2.24, 2.45) is 0 Å². The van der Waals surface area contributed by atoms with Crippen LogP contribution in [0, 0.1) is 6.92 Å². The second-order valence-electron chi connectivity index (χ2n) is 5.51. The molecule has 0 amide bonds. The number of nitrogens with one attached hydrogen (secondary N) is 1. The van der Waals surface area contributed by atoms with E-state index in [1.54, 1.807) is 7.11 Å². The predicted molar refractivity (Wildman–Crippen MR) is 82.4 cm³/mol. The highest BCUT2D eigenvalue weighted by Gasteiger charge is 2.24. The Morgan fingerprint density at radius 1 is 1.38 bits per heavy atom. The molecule has 0 saturated carbocycles. The molecule has 1 atom stereocenters. The second-order valence-corrected chi connectivity index (χ2v) is 5.51. The molecular formula is C16H22N4O. The lowest BCUT2D eigenvalue weighted by Gasteiger charge is -2.24. The fraction of sp³-hybridized carbons (Fsp3) is 0.500. The molecule has 112 valence electrons. The van der Waals surface area contributed by atoms with Gasteiger partial charge in [-0.05, 0) is 25.0 Å². The number of ether oxygens (including phenoxy) is 1. The zero-order valence-corrected chi connectivity index (χ0v) is 12.9. The molecule has 2 heterocycles. The Bertz CT molecular complexity index is 635. The van der Waals surface area contributed by atoms with Gasteiger partial charge in [0.15, 0.2) is 11.6 Å². The summed E-state index contributed by atoms with van der Waals surface area (Å²) in [6, 6.07) is 6.52. The van der Waals surface area contributed by atoms with Crippen molar-refractivity contribution < 1.29 is 4.74 Å². The minimum Gasteiger partial charge on any atom is -0.496 e. The Morgan fingerprint density at radius 2 is 2.24 bits per heavy atom. The lowest BCUT2D eigenvalue weighted by molar-refractivity contribution is 0.394. The zero-order chi connectivity index (χ0) is 14.8. The first-order valence-corrected chi connectivity index (χ1v) is 7.56. The molecule has 0 saturated heterocycles. The predicted octanol–water partition coefficient (Wildman–Crippen LogP) is 2.71. The van der Waals surface area contributed by atoms with Gasteiger partial charge in [0, 0.05) is 18.7 Å². The number of aryl methyl sites for hydroxylation is 1. The average molecular weight is 286 g/mol. The van der Waals surface area contributed by atoms with Crippen molar-refractivity contribution >= 4 is 0 Å². The van der Waals surface area contributed by atoms with Gasteiger partial charge in [-0.3, -0.25) is 0 Å². The third kappa shape index (κ3) is 2.53. The SMILES string of the molecule is CCCC1NCCn2c(-c3ccc(C)c(OC)c3)nnc21. The Morgan fingerprint density at radius 3 is 3.00 bits per heavy atom. The smallest absolute Gasteiger partial charge is 0.164 e. The number of hydrogen-bond acceptors (Lipinski definition) is 4. The van der Waals surface area contributed by atoms with Gasteiger partial charge in [0.2, 0.25) is 0 Å². The van der Waals surface area contributed by atoms with E-state index in [0.717, 1.165) is 54.5 Å². The van der Waals surface area contributed by atoms with Crippen molar-refractivity contribution in [2.45, 2.75) is 39.3 Å². The lowest BCUT2D eigenvalue weighted by Crippen LogP contribution is -2.33. The van der Waals surface area contributed by atoms with Crippen LogP contribution in [-0.4, -0.2) is 28.4 Å². The Labute approximate surface area is 125 Å². The molecule has 1 aromatic carbocycles. The van der Waals surface area contributed by atoms with E-state index in [2.05, 4.69) is 39.1 Å². The van der Waals surface area contributed by atoms with Crippen LogP contribution in [0.2, 0.25) is 0 Å². The normalized spacial score (nSPS) is 17.6. The molecule has 2 aromatic rings. The molecule has 0 fully saturated rings. The highest BCUT2D eigenvalue weighted by molar-refractivity contribution is 5.59. The van der Waals surface area contributed by atoms with Crippen molar-refractivity contribution in [1.29, 1.82) is 0 Å². The molecule has 1 aromatic heterocycles. The van der Waals surface area contributed by atoms with Gasteiger partial charge in [-0.2, -0.15) is 0 Å². The van der Waals surface area contributed by atoms with E-state index in [0.29, 0.717) is 6.04 Å². The maximum atomic E-state index is 5.42. The van der Waals surface area contributed by atoms with Gasteiger partial charge >= 0.3 is 0 Å². The standard InChI is InChI=1S/C16H22N4O/c1-4-5-13-16-19-18-15(20(16)9-8-17-13)12-7-6-11(2)14(10-12)21-3/h6-7,10,13,17H,4-5,8-9H2,1-3H3. The number of methoxy groups -OCH3 is 1. The summed E-state index contributed by atoms with van der Waals surface area (Å²) < 4.78 is 7.65. The maximum Gasteiger partial charge on any atom is 0.164 e. The minimum atomic E-state index is 0.317. The molecule has 0 radical (unpaired) electrons. The van der Waals surface area contributed by atoms with E-state index in [1.807, 2.05) is 13.0 Å². The minimum absolute atomic E-state index is 0.317. The maximum absolute atomic E-state index is 5.42. The summed E-state index contributed by atoms with van der Waals surface area (Å²) in [6.45, 7) is 6.12. The van der Waals surface area contributed by atoms with Crippen LogP contribution in [0.4, 0.5) is 0 Å². The van der Waals surface area contributed by atoms with Gasteiger partial charge in [0.25, 0.3) is 0 Å². The van der Waals surface area contributed by atoms with Crippen LogP contribution in [0.15, 0.2) is 18.2 Å². The Balaban J connectivity index is 2.01. The van der Waals surface area contributed by atoms with Gasteiger partial charge in [0.1, 0.15) is 5.75 Å². The monoisotopic (exact) mass is 286 g/mol. The molecule has 0 spiro atoms. The van der Waals surface area contributed by atoms with Gasteiger partial charge in [-0.25, -0.2) is 0 Å². The molecule has 21 heavy (non-hydrogen) atoms. The van der Waals surface area contributed by atoms with E-state index in [-0.39, 0.29) is 0 Å². The molecule has 1 N–H and O–H groups in total. The first kappa shape index (κ1) is 14.1. The first-order valence-electron chi connectivity index (χ1n) is 7.56. The molecule has 1 unspecified atom stereocenters. The fourth-order valence-corrected chi connectivity index (χ4v) is 2.93. The number of fused-ring (bicyclic) bond motifs is 1. The van der Waals surface area contributed by atoms with Crippen LogP contribution in [0.25, 0.3) is 11.4 Å². The van der Waals surface area contributed by atoms with Crippen LogP contribution >= 0.6 is 0 Å². The van der Waals surface area contributed by atoms with Gasteiger partial charge < -0.3 is 14.6 Å². The number of aromatic nitrogens is 3. The molecule has 5 nitrogen and oxygen atoms in total. The highest BCUT2D eigenvalue weighted by atomic mass is 16.5. The molecule has 0 bridgehead atoms. The second kappa shape index (κ2) is 5.85. The molecule has 1 aliphatic rings. The van der Waals surface area contributed by atoms with Gasteiger partial charge in [-0.15, -0.1) is 10.2 Å². The van der Waals surface area contributed by atoms with Crippen LogP contribution in [-0.2, 0) is 6.54 Å². The lowest BCUT2D eigenvalue weighted by atomic mass is 10.1. The molecule has 3 rings (SSSR count). The summed E-state index contributed by atoms with van der Waals surface area (Å²) in [5.41, 5.74) is 2.19. The molecule has 1 aliphatic heterocycles. The summed E-state index contributed by atoms with van der Waals surface area (Å²) in [5, 5.41) is 12.4. The number of rotatable bonds is 4. The van der Waals surface area contributed by atoms with Crippen LogP contribution in [0.3, 0.4) is 0 Å². The third-order valence-electron chi connectivity index (χ3n) is 4.06. The number of benzene rings is 1. The van der Waals surface area contributed by atoms with Crippen molar-refractivity contribution in [1.82, 2.24) is 20.1 Å². The fourth-order valence-electron chi connectivity index (χ4n) is 2.93. The van der Waals surface area contributed by atoms with Gasteiger partial charge in [-0.1, -0.05) is 25.5 Å². The first-order chi connectivity index (χ1) is 10.2. The van der Waals surface area contributed by atoms with Crippen LogP contribution in [0.1, 0.15) is 37.2 Å². The third-order valence-corrected chi connectivity index (χ3v) is 4.06. The summed E-state index contributed by atoms with van der Waals surface area (Å²) >= 11 is 0. The van der Waals surface area contributed by atoms with Crippen molar-refractivity contribution in [3.05, 3.63) is 29.6 Å². The summed E-state index contributed by atoms with van der Waals surface area (Å²) in [4.78, 5) is 0. The quantitative estimate of drug-likeness (QED) is 0.939. The molecule has 5 heteroatoms. The highest BCUT2D eigenvalue weighted by Crippen LogP contribution is 2.29. The Hall–Kier alpha value is -1.88. The number of hydrogen-bond donors (Lipinski definition) is 1. The van der Waals surface area contributed by atoms with Crippen LogP contribution in [0.5, 0.6) is 5.75 Å².